The molecule has 6 heteroatoms. The third-order valence-corrected chi connectivity index (χ3v) is 6.47. The van der Waals surface area contributed by atoms with Gasteiger partial charge in [0.15, 0.2) is 0 Å². The zero-order valence-electron chi connectivity index (χ0n) is 15.5. The highest BCUT2D eigenvalue weighted by molar-refractivity contribution is 7.89. The van der Waals surface area contributed by atoms with Gasteiger partial charge in [0.05, 0.1) is 10.8 Å². The van der Waals surface area contributed by atoms with E-state index < -0.39 is 10.0 Å². The van der Waals surface area contributed by atoms with Crippen LogP contribution in [-0.4, -0.2) is 37.3 Å². The lowest BCUT2D eigenvalue weighted by atomic mass is 9.97. The maximum Gasteiger partial charge on any atom is 0.243 e. The van der Waals surface area contributed by atoms with Crippen LogP contribution >= 0.6 is 0 Å². The van der Waals surface area contributed by atoms with Gasteiger partial charge in [0, 0.05) is 18.6 Å². The van der Waals surface area contributed by atoms with E-state index in [0.717, 1.165) is 10.8 Å². The van der Waals surface area contributed by atoms with Gasteiger partial charge < -0.3 is 5.32 Å². The Labute approximate surface area is 155 Å². The molecule has 0 saturated carbocycles. The van der Waals surface area contributed by atoms with Gasteiger partial charge in [-0.25, -0.2) is 8.42 Å². The largest absolute Gasteiger partial charge is 0.351 e. The molecule has 5 nitrogen and oxygen atoms in total. The van der Waals surface area contributed by atoms with E-state index in [1.165, 1.54) is 4.31 Å². The summed E-state index contributed by atoms with van der Waals surface area (Å²) in [5.74, 6) is -0.380. The summed E-state index contributed by atoms with van der Waals surface area (Å²) in [6.45, 7) is 6.47. The normalized spacial score (nSPS) is 19.4. The summed E-state index contributed by atoms with van der Waals surface area (Å²) in [6, 6.07) is 12.9. The first-order valence-electron chi connectivity index (χ1n) is 8.98. The fourth-order valence-corrected chi connectivity index (χ4v) is 4.88. The number of carbonyl (C=O) groups excluding carboxylic acids is 1. The van der Waals surface area contributed by atoms with Crippen molar-refractivity contribution in [2.45, 2.75) is 44.0 Å². The summed E-state index contributed by atoms with van der Waals surface area (Å²) < 4.78 is 27.6. The minimum absolute atomic E-state index is 0.0732. The van der Waals surface area contributed by atoms with E-state index in [4.69, 9.17) is 0 Å². The molecule has 140 valence electrons. The topological polar surface area (TPSA) is 66.5 Å². The van der Waals surface area contributed by atoms with Crippen molar-refractivity contribution < 1.29 is 13.2 Å². The molecule has 1 saturated heterocycles. The summed E-state index contributed by atoms with van der Waals surface area (Å²) in [6.07, 6.45) is 1.40. The maximum atomic E-state index is 13.1. The molecule has 1 aliphatic heterocycles. The van der Waals surface area contributed by atoms with Crippen molar-refractivity contribution in [1.82, 2.24) is 9.62 Å². The molecule has 1 heterocycles. The monoisotopic (exact) mass is 374 g/mol. The van der Waals surface area contributed by atoms with Crippen molar-refractivity contribution in [3.63, 3.8) is 0 Å². The second-order valence-electron chi connectivity index (χ2n) is 7.95. The average Bonchev–Trinajstić information content (AvgIpc) is 2.60. The van der Waals surface area contributed by atoms with Gasteiger partial charge in [-0.2, -0.15) is 4.31 Å². The van der Waals surface area contributed by atoms with Gasteiger partial charge in [-0.3, -0.25) is 4.79 Å². The quantitative estimate of drug-likeness (QED) is 0.897. The summed E-state index contributed by atoms with van der Waals surface area (Å²) in [5, 5.41) is 4.87. The van der Waals surface area contributed by atoms with E-state index in [-0.39, 0.29) is 28.8 Å². The van der Waals surface area contributed by atoms with Crippen molar-refractivity contribution in [3.8, 4) is 0 Å². The smallest absolute Gasteiger partial charge is 0.243 e. The summed E-state index contributed by atoms with van der Waals surface area (Å²) >= 11 is 0. The molecule has 0 aliphatic carbocycles. The SMILES string of the molecule is CC(C)(C)NC(=O)[C@H]1CCCN(S(=O)(=O)c2ccc3ccccc3c2)C1. The lowest BCUT2D eigenvalue weighted by molar-refractivity contribution is -0.127. The number of benzene rings is 2. The Morgan fingerprint density at radius 1 is 1.12 bits per heavy atom. The molecule has 2 aromatic carbocycles. The van der Waals surface area contributed by atoms with Gasteiger partial charge >= 0.3 is 0 Å². The number of hydrogen-bond donors (Lipinski definition) is 1. The number of hydrogen-bond acceptors (Lipinski definition) is 3. The Morgan fingerprint density at radius 2 is 1.81 bits per heavy atom. The molecule has 3 rings (SSSR count). The Hall–Kier alpha value is -1.92. The first-order valence-corrected chi connectivity index (χ1v) is 10.4. The number of nitrogens with one attached hydrogen (secondary N) is 1. The van der Waals surface area contributed by atoms with Crippen molar-refractivity contribution >= 4 is 26.7 Å². The van der Waals surface area contributed by atoms with Crippen LogP contribution in [0.3, 0.4) is 0 Å². The summed E-state index contributed by atoms with van der Waals surface area (Å²) in [4.78, 5) is 12.8. The number of piperidine rings is 1. The third-order valence-electron chi connectivity index (χ3n) is 4.61. The molecular weight excluding hydrogens is 348 g/mol. The van der Waals surface area contributed by atoms with E-state index in [1.807, 2.05) is 51.1 Å². The minimum atomic E-state index is -3.61. The Bertz CT molecular complexity index is 916. The number of carbonyl (C=O) groups is 1. The molecule has 1 fully saturated rings. The predicted octanol–water partition coefficient (Wildman–Crippen LogP) is 3.16. The number of rotatable bonds is 3. The van der Waals surface area contributed by atoms with Crippen LogP contribution in [0, 0.1) is 5.92 Å². The van der Waals surface area contributed by atoms with Crippen molar-refractivity contribution in [2.24, 2.45) is 5.92 Å². The van der Waals surface area contributed by atoms with Gasteiger partial charge in [-0.15, -0.1) is 0 Å². The van der Waals surface area contributed by atoms with E-state index in [1.54, 1.807) is 12.1 Å². The molecule has 1 amide bonds. The average molecular weight is 375 g/mol. The van der Waals surface area contributed by atoms with Crippen LogP contribution < -0.4 is 5.32 Å². The van der Waals surface area contributed by atoms with Crippen LogP contribution in [0.2, 0.25) is 0 Å². The lowest BCUT2D eigenvalue weighted by Crippen LogP contribution is -2.49. The fraction of sp³-hybridized carbons (Fsp3) is 0.450. The van der Waals surface area contributed by atoms with Gasteiger partial charge in [-0.1, -0.05) is 30.3 Å². The molecule has 2 aromatic rings. The molecule has 0 unspecified atom stereocenters. The number of fused-ring (bicyclic) bond motifs is 1. The third kappa shape index (κ3) is 4.07. The van der Waals surface area contributed by atoms with E-state index in [2.05, 4.69) is 5.32 Å². The zero-order valence-corrected chi connectivity index (χ0v) is 16.3. The van der Waals surface area contributed by atoms with Crippen molar-refractivity contribution in [2.75, 3.05) is 13.1 Å². The first-order chi connectivity index (χ1) is 12.2. The lowest BCUT2D eigenvalue weighted by Gasteiger charge is -2.33. The van der Waals surface area contributed by atoms with E-state index in [9.17, 15) is 13.2 Å². The second kappa shape index (κ2) is 7.00. The van der Waals surface area contributed by atoms with E-state index >= 15 is 0 Å². The van der Waals surface area contributed by atoms with Crippen molar-refractivity contribution in [3.05, 3.63) is 42.5 Å². The fourth-order valence-electron chi connectivity index (χ4n) is 3.32. The Kier molecular flexibility index (Phi) is 5.08. The van der Waals surface area contributed by atoms with Gasteiger partial charge in [0.2, 0.25) is 15.9 Å². The summed E-state index contributed by atoms with van der Waals surface area (Å²) in [7, 11) is -3.61. The second-order valence-corrected chi connectivity index (χ2v) is 9.89. The van der Waals surface area contributed by atoms with Crippen LogP contribution in [0.1, 0.15) is 33.6 Å². The van der Waals surface area contributed by atoms with Crippen LogP contribution in [0.5, 0.6) is 0 Å². The molecule has 0 bridgehead atoms. The molecule has 26 heavy (non-hydrogen) atoms. The zero-order chi connectivity index (χ0) is 18.9. The molecule has 1 N–H and O–H groups in total. The number of amides is 1. The van der Waals surface area contributed by atoms with Crippen LogP contribution in [0.15, 0.2) is 47.4 Å². The predicted molar refractivity (Wildman–Crippen MR) is 103 cm³/mol. The molecule has 0 radical (unpaired) electrons. The number of sulfonamides is 1. The molecule has 1 atom stereocenters. The molecule has 1 aliphatic rings. The van der Waals surface area contributed by atoms with Crippen LogP contribution in [0.4, 0.5) is 0 Å². The van der Waals surface area contributed by atoms with Gasteiger partial charge in [0.1, 0.15) is 0 Å². The standard InChI is InChI=1S/C20H26N2O3S/c1-20(2,3)21-19(23)17-9-6-12-22(14-17)26(24,25)18-11-10-15-7-4-5-8-16(15)13-18/h4-5,7-8,10-11,13,17H,6,9,12,14H2,1-3H3,(H,21,23)/t17-/m0/s1. The maximum absolute atomic E-state index is 13.1. The first kappa shape index (κ1) is 18.9. The van der Waals surface area contributed by atoms with Gasteiger partial charge in [-0.05, 0) is 56.5 Å². The van der Waals surface area contributed by atoms with E-state index in [0.29, 0.717) is 19.4 Å². The highest BCUT2D eigenvalue weighted by Gasteiger charge is 2.34. The molecule has 0 spiro atoms. The van der Waals surface area contributed by atoms with Crippen molar-refractivity contribution in [1.29, 1.82) is 0 Å². The molecular formula is C20H26N2O3S. The minimum Gasteiger partial charge on any atom is -0.351 e. The van der Waals surface area contributed by atoms with Gasteiger partial charge in [0.25, 0.3) is 0 Å². The highest BCUT2D eigenvalue weighted by Crippen LogP contribution is 2.26. The Balaban J connectivity index is 1.82. The highest BCUT2D eigenvalue weighted by atomic mass is 32.2. The van der Waals surface area contributed by atoms with Crippen LogP contribution in [0.25, 0.3) is 10.8 Å². The summed E-state index contributed by atoms with van der Waals surface area (Å²) in [5.41, 5.74) is -0.323. The Morgan fingerprint density at radius 3 is 2.50 bits per heavy atom. The number of nitrogens with zero attached hydrogens (tertiary/aromatic N) is 1. The van der Waals surface area contributed by atoms with Crippen LogP contribution in [-0.2, 0) is 14.8 Å². The molecule has 0 aromatic heterocycles.